The number of hydrogen-bond donors (Lipinski definition) is 2. The molecule has 0 fully saturated rings. The number of hydrogen-bond acceptors (Lipinski definition) is 3. The van der Waals surface area contributed by atoms with E-state index in [0.717, 1.165) is 6.07 Å². The molecule has 0 aliphatic carbocycles. The van der Waals surface area contributed by atoms with E-state index in [9.17, 15) is 23.5 Å². The smallest absolute Gasteiger partial charge is 0.337 e. The summed E-state index contributed by atoms with van der Waals surface area (Å²) in [6.07, 6.45) is -5.06. The SMILES string of the molecule is CCC(=O)c1cccc(C(F)F)c1C(O)C(=O)O. The van der Waals surface area contributed by atoms with Crippen molar-refractivity contribution in [2.75, 3.05) is 0 Å². The fourth-order valence-corrected chi connectivity index (χ4v) is 1.64. The average Bonchev–Trinajstić information content (AvgIpc) is 2.35. The standard InChI is InChI=1S/C12H12F2O4/c1-2-8(15)6-4-3-5-7(11(13)14)9(6)10(16)12(17)18/h3-5,10-11,16H,2H2,1H3,(H,17,18). The molecule has 6 heteroatoms. The van der Waals surface area contributed by atoms with Crippen molar-refractivity contribution in [2.45, 2.75) is 25.9 Å². The van der Waals surface area contributed by atoms with Gasteiger partial charge >= 0.3 is 5.97 Å². The first-order chi connectivity index (χ1) is 8.40. The van der Waals surface area contributed by atoms with E-state index < -0.39 is 35.4 Å². The summed E-state index contributed by atoms with van der Waals surface area (Å²) in [5.41, 5.74) is -1.33. The molecular formula is C12H12F2O4. The molecule has 18 heavy (non-hydrogen) atoms. The van der Waals surface area contributed by atoms with Crippen LogP contribution in [0.25, 0.3) is 0 Å². The summed E-state index contributed by atoms with van der Waals surface area (Å²) in [5, 5.41) is 18.2. The van der Waals surface area contributed by atoms with Crippen LogP contribution in [-0.2, 0) is 4.79 Å². The Balaban J connectivity index is 3.48. The molecule has 0 bridgehead atoms. The van der Waals surface area contributed by atoms with E-state index in [-0.39, 0.29) is 12.0 Å². The molecule has 0 saturated heterocycles. The molecule has 0 radical (unpaired) electrons. The second kappa shape index (κ2) is 5.68. The molecule has 1 aromatic rings. The van der Waals surface area contributed by atoms with Crippen molar-refractivity contribution in [3.05, 3.63) is 34.9 Å². The minimum atomic E-state index is -2.96. The maximum absolute atomic E-state index is 12.8. The van der Waals surface area contributed by atoms with Gasteiger partial charge < -0.3 is 10.2 Å². The molecule has 0 spiro atoms. The fraction of sp³-hybridized carbons (Fsp3) is 0.333. The van der Waals surface area contributed by atoms with Crippen molar-refractivity contribution in [1.29, 1.82) is 0 Å². The number of ketones is 1. The van der Waals surface area contributed by atoms with Gasteiger partial charge in [-0.15, -0.1) is 0 Å². The summed E-state index contributed by atoms with van der Waals surface area (Å²) in [6.45, 7) is 1.52. The molecule has 2 N–H and O–H groups in total. The Hall–Kier alpha value is -1.82. The van der Waals surface area contributed by atoms with E-state index in [2.05, 4.69) is 0 Å². The number of rotatable bonds is 5. The Morgan fingerprint density at radius 1 is 1.33 bits per heavy atom. The minimum Gasteiger partial charge on any atom is -0.479 e. The third-order valence-electron chi connectivity index (χ3n) is 2.50. The summed E-state index contributed by atoms with van der Waals surface area (Å²) >= 11 is 0. The lowest BCUT2D eigenvalue weighted by Crippen LogP contribution is -2.17. The summed E-state index contributed by atoms with van der Waals surface area (Å²) in [5.74, 6) is -2.17. The number of halogens is 2. The van der Waals surface area contributed by atoms with Crippen molar-refractivity contribution < 1.29 is 28.6 Å². The van der Waals surface area contributed by atoms with Gasteiger partial charge in [0.2, 0.25) is 0 Å². The molecule has 98 valence electrons. The number of benzene rings is 1. The maximum atomic E-state index is 12.8. The van der Waals surface area contributed by atoms with Crippen LogP contribution in [0, 0.1) is 0 Å². The zero-order chi connectivity index (χ0) is 13.9. The molecule has 0 aliphatic rings. The van der Waals surface area contributed by atoms with E-state index in [0.29, 0.717) is 0 Å². The molecule has 0 saturated carbocycles. The summed E-state index contributed by atoms with van der Waals surface area (Å²) in [4.78, 5) is 22.3. The van der Waals surface area contributed by atoms with Gasteiger partial charge in [-0.3, -0.25) is 4.79 Å². The predicted octanol–water partition coefficient (Wildman–Crippen LogP) is 2.33. The van der Waals surface area contributed by atoms with Crippen LogP contribution in [0.3, 0.4) is 0 Å². The van der Waals surface area contributed by atoms with E-state index in [1.807, 2.05) is 0 Å². The summed E-state index contributed by atoms with van der Waals surface area (Å²) in [6, 6.07) is 3.47. The Bertz CT molecular complexity index is 471. The van der Waals surface area contributed by atoms with E-state index in [4.69, 9.17) is 5.11 Å². The van der Waals surface area contributed by atoms with Crippen molar-refractivity contribution in [3.63, 3.8) is 0 Å². The number of aliphatic carboxylic acids is 1. The normalized spacial score (nSPS) is 12.5. The molecule has 0 aliphatic heterocycles. The Morgan fingerprint density at radius 2 is 1.94 bits per heavy atom. The summed E-state index contributed by atoms with van der Waals surface area (Å²) < 4.78 is 25.6. The molecule has 1 rings (SSSR count). The van der Waals surface area contributed by atoms with Gasteiger partial charge in [-0.05, 0) is 0 Å². The first-order valence-electron chi connectivity index (χ1n) is 5.25. The Labute approximate surface area is 102 Å². The van der Waals surface area contributed by atoms with Gasteiger partial charge in [0.15, 0.2) is 11.9 Å². The van der Waals surface area contributed by atoms with Gasteiger partial charge in [-0.1, -0.05) is 25.1 Å². The van der Waals surface area contributed by atoms with Gasteiger partial charge in [0.25, 0.3) is 6.43 Å². The molecule has 0 heterocycles. The monoisotopic (exact) mass is 258 g/mol. The highest BCUT2D eigenvalue weighted by Crippen LogP contribution is 2.31. The second-order valence-corrected chi connectivity index (χ2v) is 3.63. The Morgan fingerprint density at radius 3 is 2.39 bits per heavy atom. The molecular weight excluding hydrogens is 246 g/mol. The van der Waals surface area contributed by atoms with Gasteiger partial charge in [0, 0.05) is 23.1 Å². The van der Waals surface area contributed by atoms with Gasteiger partial charge in [-0.2, -0.15) is 0 Å². The van der Waals surface area contributed by atoms with E-state index in [1.54, 1.807) is 0 Å². The van der Waals surface area contributed by atoms with Gasteiger partial charge in [0.1, 0.15) is 0 Å². The molecule has 0 aromatic heterocycles. The predicted molar refractivity (Wildman–Crippen MR) is 58.6 cm³/mol. The minimum absolute atomic E-state index is 0.0338. The number of carbonyl (C=O) groups is 2. The van der Waals surface area contributed by atoms with Crippen LogP contribution in [-0.4, -0.2) is 22.0 Å². The molecule has 1 aromatic carbocycles. The van der Waals surface area contributed by atoms with Crippen LogP contribution >= 0.6 is 0 Å². The number of aliphatic hydroxyl groups is 1. The van der Waals surface area contributed by atoms with Crippen LogP contribution in [0.1, 0.15) is 47.4 Å². The van der Waals surface area contributed by atoms with Crippen LogP contribution in [0.4, 0.5) is 8.78 Å². The van der Waals surface area contributed by atoms with Gasteiger partial charge in [-0.25, -0.2) is 13.6 Å². The largest absolute Gasteiger partial charge is 0.479 e. The highest BCUT2D eigenvalue weighted by atomic mass is 19.3. The van der Waals surface area contributed by atoms with Gasteiger partial charge in [0.05, 0.1) is 0 Å². The summed E-state index contributed by atoms with van der Waals surface area (Å²) in [7, 11) is 0. The first-order valence-corrected chi connectivity index (χ1v) is 5.25. The van der Waals surface area contributed by atoms with Crippen molar-refractivity contribution in [1.82, 2.24) is 0 Å². The lowest BCUT2D eigenvalue weighted by molar-refractivity contribution is -0.147. The highest BCUT2D eigenvalue weighted by molar-refractivity contribution is 5.99. The maximum Gasteiger partial charge on any atom is 0.337 e. The number of Topliss-reactive ketones (excluding diaryl/α,β-unsaturated/α-hetero) is 1. The van der Waals surface area contributed by atoms with E-state index >= 15 is 0 Å². The average molecular weight is 258 g/mol. The third-order valence-corrected chi connectivity index (χ3v) is 2.50. The van der Waals surface area contributed by atoms with Crippen LogP contribution in [0.2, 0.25) is 0 Å². The number of carbonyl (C=O) groups excluding carboxylic acids is 1. The lowest BCUT2D eigenvalue weighted by Gasteiger charge is -2.15. The number of carboxylic acid groups (broad SMARTS) is 1. The lowest BCUT2D eigenvalue weighted by atomic mass is 9.93. The molecule has 1 atom stereocenters. The van der Waals surface area contributed by atoms with Crippen LogP contribution < -0.4 is 0 Å². The first kappa shape index (κ1) is 14.2. The van der Waals surface area contributed by atoms with Crippen molar-refractivity contribution in [2.24, 2.45) is 0 Å². The zero-order valence-electron chi connectivity index (χ0n) is 9.56. The zero-order valence-corrected chi connectivity index (χ0v) is 9.56. The molecule has 4 nitrogen and oxygen atoms in total. The number of aliphatic hydroxyl groups excluding tert-OH is 1. The molecule has 0 amide bonds. The second-order valence-electron chi connectivity index (χ2n) is 3.63. The number of alkyl halides is 2. The molecule has 1 unspecified atom stereocenters. The topological polar surface area (TPSA) is 74.6 Å². The van der Waals surface area contributed by atoms with E-state index in [1.165, 1.54) is 19.1 Å². The van der Waals surface area contributed by atoms with Crippen LogP contribution in [0.15, 0.2) is 18.2 Å². The Kier molecular flexibility index (Phi) is 4.49. The fourth-order valence-electron chi connectivity index (χ4n) is 1.64. The highest BCUT2D eigenvalue weighted by Gasteiger charge is 2.28. The quantitative estimate of drug-likeness (QED) is 0.795. The van der Waals surface area contributed by atoms with Crippen molar-refractivity contribution >= 4 is 11.8 Å². The van der Waals surface area contributed by atoms with Crippen molar-refractivity contribution in [3.8, 4) is 0 Å². The third kappa shape index (κ3) is 2.70. The van der Waals surface area contributed by atoms with Crippen LogP contribution in [0.5, 0.6) is 0 Å². The number of carboxylic acids is 1.